The maximum atomic E-state index is 11.0. The van der Waals surface area contributed by atoms with Crippen LogP contribution in [0.5, 0.6) is 0 Å². The van der Waals surface area contributed by atoms with Crippen molar-refractivity contribution in [2.24, 2.45) is 17.1 Å². The lowest BCUT2D eigenvalue weighted by Gasteiger charge is -2.10. The van der Waals surface area contributed by atoms with Gasteiger partial charge in [-0.15, -0.1) is 0 Å². The Morgan fingerprint density at radius 2 is 2.31 bits per heavy atom. The van der Waals surface area contributed by atoms with Crippen molar-refractivity contribution in [2.75, 3.05) is 6.54 Å². The Labute approximate surface area is 79.3 Å². The molecule has 13 heavy (non-hydrogen) atoms. The van der Waals surface area contributed by atoms with E-state index in [0.29, 0.717) is 6.54 Å². The van der Waals surface area contributed by atoms with Gasteiger partial charge in [0.25, 0.3) is 0 Å². The van der Waals surface area contributed by atoms with Crippen LogP contribution in [0.3, 0.4) is 0 Å². The normalized spacial score (nSPS) is 31.7. The Bertz CT molecular complexity index is 193. The summed E-state index contributed by atoms with van der Waals surface area (Å²) >= 11 is 0. The molecule has 0 amide bonds. The molecule has 2 unspecified atom stereocenters. The minimum absolute atomic E-state index is 0.238. The molecule has 0 spiro atoms. The van der Waals surface area contributed by atoms with E-state index in [1.54, 1.807) is 0 Å². The second-order valence-electron chi connectivity index (χ2n) is 4.06. The summed E-state index contributed by atoms with van der Waals surface area (Å²) in [4.78, 5) is 11.0. The molecule has 0 radical (unpaired) electrons. The minimum Gasteiger partial charge on any atom is -0.481 e. The average molecular weight is 185 g/mol. The first-order valence-corrected chi connectivity index (χ1v) is 5.11. The van der Waals surface area contributed by atoms with Gasteiger partial charge in [0, 0.05) is 0 Å². The second kappa shape index (κ2) is 4.09. The number of carbonyl (C=O) groups is 1. The van der Waals surface area contributed by atoms with Gasteiger partial charge < -0.3 is 10.8 Å². The van der Waals surface area contributed by atoms with E-state index >= 15 is 0 Å². The molecule has 2 atom stereocenters. The fraction of sp³-hybridized carbons (Fsp3) is 0.900. The van der Waals surface area contributed by atoms with Crippen molar-refractivity contribution >= 4 is 5.97 Å². The van der Waals surface area contributed by atoms with Crippen LogP contribution in [0.1, 0.15) is 39.0 Å². The van der Waals surface area contributed by atoms with Crippen LogP contribution >= 0.6 is 0 Å². The first-order valence-electron chi connectivity index (χ1n) is 5.11. The molecule has 1 rings (SSSR count). The summed E-state index contributed by atoms with van der Waals surface area (Å²) in [6, 6.07) is 0. The summed E-state index contributed by atoms with van der Waals surface area (Å²) in [6.45, 7) is 2.65. The molecule has 1 fully saturated rings. The van der Waals surface area contributed by atoms with E-state index in [9.17, 15) is 4.79 Å². The zero-order chi connectivity index (χ0) is 9.90. The van der Waals surface area contributed by atoms with E-state index in [0.717, 1.165) is 32.1 Å². The number of aliphatic carboxylic acids is 1. The molecule has 0 aromatic rings. The third-order valence-corrected chi connectivity index (χ3v) is 3.17. The first kappa shape index (κ1) is 10.5. The maximum absolute atomic E-state index is 11.0. The molecule has 0 bridgehead atoms. The molecular weight excluding hydrogens is 166 g/mol. The minimum atomic E-state index is -0.640. The highest BCUT2D eigenvalue weighted by atomic mass is 16.4. The van der Waals surface area contributed by atoms with Gasteiger partial charge >= 0.3 is 5.97 Å². The van der Waals surface area contributed by atoms with Crippen molar-refractivity contribution in [3.63, 3.8) is 0 Å². The zero-order valence-corrected chi connectivity index (χ0v) is 8.25. The average Bonchev–Trinajstić information content (AvgIpc) is 2.81. The van der Waals surface area contributed by atoms with E-state index < -0.39 is 11.4 Å². The van der Waals surface area contributed by atoms with Gasteiger partial charge in [0.15, 0.2) is 0 Å². The van der Waals surface area contributed by atoms with Gasteiger partial charge in [-0.25, -0.2) is 0 Å². The number of nitrogens with two attached hydrogens (primary N) is 1. The van der Waals surface area contributed by atoms with Crippen molar-refractivity contribution in [3.05, 3.63) is 0 Å². The summed E-state index contributed by atoms with van der Waals surface area (Å²) in [6.07, 6.45) is 4.91. The topological polar surface area (TPSA) is 63.3 Å². The molecule has 1 saturated carbocycles. The van der Waals surface area contributed by atoms with Gasteiger partial charge in [0.2, 0.25) is 0 Å². The van der Waals surface area contributed by atoms with Crippen LogP contribution in [-0.2, 0) is 4.79 Å². The molecule has 76 valence electrons. The Kier molecular flexibility index (Phi) is 3.31. The largest absolute Gasteiger partial charge is 0.481 e. The summed E-state index contributed by atoms with van der Waals surface area (Å²) in [5.74, 6) is -0.402. The Hall–Kier alpha value is -0.570. The Morgan fingerprint density at radius 3 is 2.69 bits per heavy atom. The van der Waals surface area contributed by atoms with E-state index in [4.69, 9.17) is 10.8 Å². The van der Waals surface area contributed by atoms with Crippen LogP contribution in [0.15, 0.2) is 0 Å². The van der Waals surface area contributed by atoms with Crippen molar-refractivity contribution in [2.45, 2.75) is 39.0 Å². The molecule has 0 aliphatic heterocycles. The van der Waals surface area contributed by atoms with E-state index in [2.05, 4.69) is 6.92 Å². The Morgan fingerprint density at radius 1 is 1.62 bits per heavy atom. The second-order valence-corrected chi connectivity index (χ2v) is 4.06. The number of hydrogen-bond acceptors (Lipinski definition) is 2. The molecule has 3 nitrogen and oxygen atoms in total. The van der Waals surface area contributed by atoms with Gasteiger partial charge in [-0.3, -0.25) is 4.79 Å². The van der Waals surface area contributed by atoms with Crippen LogP contribution in [-0.4, -0.2) is 17.6 Å². The van der Waals surface area contributed by atoms with Gasteiger partial charge in [0.05, 0.1) is 5.41 Å². The van der Waals surface area contributed by atoms with Gasteiger partial charge in [-0.1, -0.05) is 26.2 Å². The molecular formula is C10H19NO2. The molecule has 0 saturated heterocycles. The van der Waals surface area contributed by atoms with Gasteiger partial charge in [0.1, 0.15) is 0 Å². The quantitative estimate of drug-likeness (QED) is 0.618. The molecule has 0 aromatic carbocycles. The van der Waals surface area contributed by atoms with Crippen LogP contribution in [0, 0.1) is 11.3 Å². The van der Waals surface area contributed by atoms with Gasteiger partial charge in [-0.05, 0) is 25.3 Å². The summed E-state index contributed by atoms with van der Waals surface area (Å²) in [5, 5.41) is 9.05. The third kappa shape index (κ3) is 2.02. The fourth-order valence-corrected chi connectivity index (χ4v) is 2.06. The Balaban J connectivity index is 2.38. The van der Waals surface area contributed by atoms with E-state index in [1.807, 2.05) is 0 Å². The smallest absolute Gasteiger partial charge is 0.309 e. The summed E-state index contributed by atoms with van der Waals surface area (Å²) in [7, 11) is 0. The SMILES string of the molecule is CCCCCC1(C(=O)O)CC1CN. The fourth-order valence-electron chi connectivity index (χ4n) is 2.06. The van der Waals surface area contributed by atoms with Crippen molar-refractivity contribution in [1.82, 2.24) is 0 Å². The lowest BCUT2D eigenvalue weighted by molar-refractivity contribution is -0.144. The molecule has 0 aromatic heterocycles. The molecule has 3 N–H and O–H groups in total. The number of carboxylic acids is 1. The predicted molar refractivity (Wildman–Crippen MR) is 51.4 cm³/mol. The van der Waals surface area contributed by atoms with Gasteiger partial charge in [-0.2, -0.15) is 0 Å². The first-order chi connectivity index (χ1) is 6.17. The molecule has 0 heterocycles. The highest BCUT2D eigenvalue weighted by Gasteiger charge is 2.58. The number of carboxylic acid groups (broad SMARTS) is 1. The van der Waals surface area contributed by atoms with E-state index in [1.165, 1.54) is 0 Å². The van der Waals surface area contributed by atoms with Crippen LogP contribution in [0.4, 0.5) is 0 Å². The molecule has 3 heteroatoms. The van der Waals surface area contributed by atoms with Crippen molar-refractivity contribution < 1.29 is 9.90 Å². The standard InChI is InChI=1S/C10H19NO2/c1-2-3-4-5-10(9(12)13)6-8(10)7-11/h8H,2-7,11H2,1H3,(H,12,13). The summed E-state index contributed by atoms with van der Waals surface area (Å²) in [5.41, 5.74) is 5.05. The highest BCUT2D eigenvalue weighted by molar-refractivity contribution is 5.78. The van der Waals surface area contributed by atoms with Crippen LogP contribution in [0.2, 0.25) is 0 Å². The van der Waals surface area contributed by atoms with Crippen molar-refractivity contribution in [3.8, 4) is 0 Å². The van der Waals surface area contributed by atoms with Crippen LogP contribution in [0.25, 0.3) is 0 Å². The lowest BCUT2D eigenvalue weighted by atomic mass is 9.96. The molecule has 1 aliphatic rings. The lowest BCUT2D eigenvalue weighted by Crippen LogP contribution is -2.20. The maximum Gasteiger partial charge on any atom is 0.309 e. The number of rotatable bonds is 6. The molecule has 1 aliphatic carbocycles. The monoisotopic (exact) mass is 185 g/mol. The summed E-state index contributed by atoms with van der Waals surface area (Å²) < 4.78 is 0. The zero-order valence-electron chi connectivity index (χ0n) is 8.25. The third-order valence-electron chi connectivity index (χ3n) is 3.17. The highest BCUT2D eigenvalue weighted by Crippen LogP contribution is 2.55. The number of hydrogen-bond donors (Lipinski definition) is 2. The van der Waals surface area contributed by atoms with Crippen LogP contribution < -0.4 is 5.73 Å². The van der Waals surface area contributed by atoms with E-state index in [-0.39, 0.29) is 5.92 Å². The number of unbranched alkanes of at least 4 members (excludes halogenated alkanes) is 2. The van der Waals surface area contributed by atoms with Crippen molar-refractivity contribution in [1.29, 1.82) is 0 Å². The predicted octanol–water partition coefficient (Wildman–Crippen LogP) is 1.62.